The lowest BCUT2D eigenvalue weighted by Gasteiger charge is -2.35. The van der Waals surface area contributed by atoms with Crippen LogP contribution in [0.1, 0.15) is 18.0 Å². The van der Waals surface area contributed by atoms with Gasteiger partial charge in [-0.25, -0.2) is 0 Å². The van der Waals surface area contributed by atoms with Gasteiger partial charge >= 0.3 is 11.9 Å². The highest BCUT2D eigenvalue weighted by Crippen LogP contribution is 2.36. The van der Waals surface area contributed by atoms with Gasteiger partial charge in [0.2, 0.25) is 0 Å². The van der Waals surface area contributed by atoms with Gasteiger partial charge in [0, 0.05) is 18.0 Å². The number of ether oxygens (including phenoxy) is 2. The maximum absolute atomic E-state index is 11.3. The summed E-state index contributed by atoms with van der Waals surface area (Å²) in [5.74, 6) is -0.120. The highest BCUT2D eigenvalue weighted by Gasteiger charge is 2.33. The van der Waals surface area contributed by atoms with E-state index in [1.807, 2.05) is 29.2 Å². The number of hydrogen-bond donors (Lipinski definition) is 0. The molecule has 3 rings (SSSR count). The number of benzene rings is 1. The summed E-state index contributed by atoms with van der Waals surface area (Å²) in [4.78, 5) is 24.5. The molecule has 0 N–H and O–H groups in total. The summed E-state index contributed by atoms with van der Waals surface area (Å²) in [6, 6.07) is 7.78. The molecule has 94 valence electrons. The molecule has 2 aliphatic rings. The molecule has 0 bridgehead atoms. The molecule has 1 fully saturated rings. The van der Waals surface area contributed by atoms with Gasteiger partial charge in [-0.2, -0.15) is 0 Å². The largest absolute Gasteiger partial charge is 0.493 e. The Kier molecular flexibility index (Phi) is 2.76. The first-order valence-corrected chi connectivity index (χ1v) is 5.93. The van der Waals surface area contributed by atoms with Gasteiger partial charge in [-0.05, 0) is 6.07 Å². The zero-order valence-electron chi connectivity index (χ0n) is 9.80. The zero-order valence-corrected chi connectivity index (χ0v) is 9.80. The Bertz CT molecular complexity index is 484. The number of carbonyl (C=O) groups is 2. The van der Waals surface area contributed by atoms with E-state index in [1.54, 1.807) is 0 Å². The number of para-hydroxylation sites is 1. The van der Waals surface area contributed by atoms with E-state index in [0.717, 1.165) is 17.7 Å². The predicted octanol–water partition coefficient (Wildman–Crippen LogP) is 0.896. The number of carbonyl (C=O) groups excluding carboxylic acids is 2. The molecule has 0 spiro atoms. The van der Waals surface area contributed by atoms with Gasteiger partial charge in [0.25, 0.3) is 0 Å². The van der Waals surface area contributed by atoms with E-state index in [2.05, 4.69) is 4.74 Å². The van der Waals surface area contributed by atoms with E-state index in [9.17, 15) is 9.59 Å². The summed E-state index contributed by atoms with van der Waals surface area (Å²) < 4.78 is 10.1. The Balaban J connectivity index is 1.89. The molecule has 0 radical (unpaired) electrons. The maximum atomic E-state index is 11.3. The van der Waals surface area contributed by atoms with E-state index in [-0.39, 0.29) is 19.1 Å². The highest BCUT2D eigenvalue weighted by molar-refractivity contribution is 5.90. The van der Waals surface area contributed by atoms with Crippen LogP contribution < -0.4 is 4.74 Å². The van der Waals surface area contributed by atoms with Crippen molar-refractivity contribution >= 4 is 11.9 Å². The van der Waals surface area contributed by atoms with Crippen LogP contribution in [0.25, 0.3) is 0 Å². The molecule has 2 aliphatic heterocycles. The third-order valence-corrected chi connectivity index (χ3v) is 3.26. The van der Waals surface area contributed by atoms with E-state index >= 15 is 0 Å². The summed E-state index contributed by atoms with van der Waals surface area (Å²) in [5.41, 5.74) is 1.03. The molecule has 0 saturated carbocycles. The number of esters is 2. The first-order chi connectivity index (χ1) is 8.74. The van der Waals surface area contributed by atoms with E-state index < -0.39 is 11.9 Å². The van der Waals surface area contributed by atoms with Crippen LogP contribution in [0.4, 0.5) is 0 Å². The van der Waals surface area contributed by atoms with Crippen molar-refractivity contribution in [3.63, 3.8) is 0 Å². The van der Waals surface area contributed by atoms with Crippen molar-refractivity contribution in [1.29, 1.82) is 0 Å². The van der Waals surface area contributed by atoms with Crippen molar-refractivity contribution < 1.29 is 19.1 Å². The van der Waals surface area contributed by atoms with Crippen molar-refractivity contribution in [3.05, 3.63) is 29.8 Å². The van der Waals surface area contributed by atoms with Gasteiger partial charge in [0.05, 0.1) is 19.7 Å². The van der Waals surface area contributed by atoms with Gasteiger partial charge in [-0.15, -0.1) is 0 Å². The molecule has 18 heavy (non-hydrogen) atoms. The number of cyclic esters (lactones) is 2. The minimum atomic E-state index is -0.477. The second-order valence-corrected chi connectivity index (χ2v) is 4.44. The summed E-state index contributed by atoms with van der Waals surface area (Å²) in [6.45, 7) is 0.914. The van der Waals surface area contributed by atoms with Crippen LogP contribution in [0, 0.1) is 0 Å². The molecular formula is C13H13NO4. The van der Waals surface area contributed by atoms with Crippen LogP contribution >= 0.6 is 0 Å². The van der Waals surface area contributed by atoms with Gasteiger partial charge in [-0.3, -0.25) is 14.5 Å². The van der Waals surface area contributed by atoms with Crippen LogP contribution in [0.5, 0.6) is 5.75 Å². The lowest BCUT2D eigenvalue weighted by molar-refractivity contribution is -0.168. The topological polar surface area (TPSA) is 55.8 Å². The second-order valence-electron chi connectivity index (χ2n) is 4.44. The quantitative estimate of drug-likeness (QED) is 0.545. The second kappa shape index (κ2) is 4.42. The average molecular weight is 247 g/mol. The Morgan fingerprint density at radius 2 is 1.83 bits per heavy atom. The van der Waals surface area contributed by atoms with Crippen molar-refractivity contribution in [2.24, 2.45) is 0 Å². The normalized spacial score (nSPS) is 24.1. The first kappa shape index (κ1) is 11.2. The number of fused-ring (bicyclic) bond motifs is 1. The molecule has 5 nitrogen and oxygen atoms in total. The number of hydrogen-bond acceptors (Lipinski definition) is 5. The summed E-state index contributed by atoms with van der Waals surface area (Å²) in [5, 5.41) is 0. The van der Waals surface area contributed by atoms with Gasteiger partial charge in [0.1, 0.15) is 5.75 Å². The summed E-state index contributed by atoms with van der Waals surface area (Å²) in [6.07, 6.45) is 0.775. The molecule has 0 aromatic heterocycles. The number of rotatable bonds is 1. The minimum Gasteiger partial charge on any atom is -0.493 e. The summed E-state index contributed by atoms with van der Waals surface area (Å²) in [7, 11) is 0. The predicted molar refractivity (Wildman–Crippen MR) is 62.0 cm³/mol. The van der Waals surface area contributed by atoms with Crippen molar-refractivity contribution in [2.45, 2.75) is 12.5 Å². The number of morpholine rings is 1. The van der Waals surface area contributed by atoms with Crippen LogP contribution in [0.2, 0.25) is 0 Å². The van der Waals surface area contributed by atoms with Crippen molar-refractivity contribution in [2.75, 3.05) is 19.7 Å². The fourth-order valence-corrected chi connectivity index (χ4v) is 2.50. The van der Waals surface area contributed by atoms with E-state index in [4.69, 9.17) is 4.74 Å². The molecule has 5 heteroatoms. The monoisotopic (exact) mass is 247 g/mol. The number of nitrogens with zero attached hydrogens (tertiary/aromatic N) is 1. The minimum absolute atomic E-state index is 0.0479. The summed E-state index contributed by atoms with van der Waals surface area (Å²) >= 11 is 0. The lowest BCUT2D eigenvalue weighted by atomic mass is 9.98. The third kappa shape index (κ3) is 1.97. The van der Waals surface area contributed by atoms with E-state index in [0.29, 0.717) is 6.61 Å². The van der Waals surface area contributed by atoms with Gasteiger partial charge < -0.3 is 9.47 Å². The Hall–Kier alpha value is -1.88. The fourth-order valence-electron chi connectivity index (χ4n) is 2.50. The molecule has 0 amide bonds. The Morgan fingerprint density at radius 3 is 2.61 bits per heavy atom. The maximum Gasteiger partial charge on any atom is 0.327 e. The molecular weight excluding hydrogens is 234 g/mol. The lowest BCUT2D eigenvalue weighted by Crippen LogP contribution is -2.45. The Morgan fingerprint density at radius 1 is 1.11 bits per heavy atom. The van der Waals surface area contributed by atoms with Crippen molar-refractivity contribution in [1.82, 2.24) is 4.90 Å². The first-order valence-electron chi connectivity index (χ1n) is 5.93. The van der Waals surface area contributed by atoms with Crippen molar-refractivity contribution in [3.8, 4) is 5.75 Å². The Labute approximate surface area is 104 Å². The molecule has 2 heterocycles. The van der Waals surface area contributed by atoms with Gasteiger partial charge in [-0.1, -0.05) is 18.2 Å². The highest BCUT2D eigenvalue weighted by atomic mass is 16.6. The fraction of sp³-hybridized carbons (Fsp3) is 0.385. The average Bonchev–Trinajstić information content (AvgIpc) is 2.37. The molecule has 1 aromatic carbocycles. The van der Waals surface area contributed by atoms with Crippen LogP contribution in [0.15, 0.2) is 24.3 Å². The van der Waals surface area contributed by atoms with Crippen LogP contribution in [0.3, 0.4) is 0 Å². The standard InChI is InChI=1S/C13H13NO4/c15-12-7-14(8-13(16)18-12)10-5-6-17-11-4-2-1-3-9(10)11/h1-4,10H,5-8H2. The molecule has 1 unspecified atom stereocenters. The van der Waals surface area contributed by atoms with Crippen LogP contribution in [-0.2, 0) is 14.3 Å². The molecule has 1 aromatic rings. The molecule has 1 saturated heterocycles. The third-order valence-electron chi connectivity index (χ3n) is 3.26. The molecule has 1 atom stereocenters. The SMILES string of the molecule is O=C1CN(C2CCOc3ccccc32)CC(=O)O1. The van der Waals surface area contributed by atoms with Crippen LogP contribution in [-0.4, -0.2) is 36.5 Å². The van der Waals surface area contributed by atoms with E-state index in [1.165, 1.54) is 0 Å². The zero-order chi connectivity index (χ0) is 12.5. The molecule has 0 aliphatic carbocycles. The van der Waals surface area contributed by atoms with Gasteiger partial charge in [0.15, 0.2) is 0 Å². The smallest absolute Gasteiger partial charge is 0.327 e.